The van der Waals surface area contributed by atoms with Crippen LogP contribution in [0.2, 0.25) is 0 Å². The van der Waals surface area contributed by atoms with Crippen molar-refractivity contribution in [3.05, 3.63) is 30.7 Å². The number of morpholine rings is 1. The van der Waals surface area contributed by atoms with Crippen LogP contribution < -0.4 is 4.90 Å². The van der Waals surface area contributed by atoms with Gasteiger partial charge in [-0.3, -0.25) is 4.79 Å². The highest BCUT2D eigenvalue weighted by atomic mass is 19.4. The van der Waals surface area contributed by atoms with E-state index in [0.29, 0.717) is 19.6 Å². The Balaban J connectivity index is 1.82. The molecule has 1 amide bonds. The van der Waals surface area contributed by atoms with E-state index in [1.165, 1.54) is 0 Å². The van der Waals surface area contributed by atoms with Crippen LogP contribution in [0, 0.1) is 0 Å². The van der Waals surface area contributed by atoms with Crippen LogP contribution in [-0.4, -0.2) is 59.2 Å². The minimum absolute atomic E-state index is 0.0274. The van der Waals surface area contributed by atoms with Crippen molar-refractivity contribution in [1.82, 2.24) is 14.9 Å². The fourth-order valence-electron chi connectivity index (χ4n) is 2.90. The van der Waals surface area contributed by atoms with Crippen LogP contribution >= 0.6 is 0 Å². The minimum Gasteiger partial charge on any atom is -0.364 e. The zero-order chi connectivity index (χ0) is 16.6. The van der Waals surface area contributed by atoms with E-state index in [0.717, 1.165) is 12.4 Å². The smallest absolute Gasteiger partial charge is 0.364 e. The average molecular weight is 328 g/mol. The number of ether oxygens (including phenoxy) is 1. The van der Waals surface area contributed by atoms with Gasteiger partial charge in [0.15, 0.2) is 0 Å². The molecule has 0 spiro atoms. The first kappa shape index (κ1) is 15.7. The molecule has 0 aliphatic carbocycles. The Kier molecular flexibility index (Phi) is 3.97. The van der Waals surface area contributed by atoms with Gasteiger partial charge >= 0.3 is 6.18 Å². The molecule has 3 rings (SSSR count). The van der Waals surface area contributed by atoms with Crippen molar-refractivity contribution in [2.24, 2.45) is 0 Å². The van der Waals surface area contributed by atoms with Gasteiger partial charge in [-0.1, -0.05) is 6.08 Å². The molecule has 9 heteroatoms. The van der Waals surface area contributed by atoms with E-state index in [1.54, 1.807) is 15.9 Å². The molecule has 23 heavy (non-hydrogen) atoms. The van der Waals surface area contributed by atoms with Gasteiger partial charge < -0.3 is 14.5 Å². The standard InChI is InChI=1S/C14H15F3N4O2/c1-2-3-21-9-5-20(6-10(9)23-7-13(21)22)12-4-11(14(15,16)17)18-8-19-12/h2,4,8-10H,1,3,5-7H2/t9-,10+/m0/s1. The lowest BCUT2D eigenvalue weighted by molar-refractivity contribution is -0.151. The predicted molar refractivity (Wildman–Crippen MR) is 74.7 cm³/mol. The molecule has 2 fully saturated rings. The molecule has 0 aromatic carbocycles. The summed E-state index contributed by atoms with van der Waals surface area (Å²) in [5.74, 6) is 0.0306. The number of halogens is 3. The van der Waals surface area contributed by atoms with Crippen molar-refractivity contribution < 1.29 is 22.7 Å². The first-order chi connectivity index (χ1) is 10.9. The van der Waals surface area contributed by atoms with Crippen LogP contribution in [0.25, 0.3) is 0 Å². The van der Waals surface area contributed by atoms with Gasteiger partial charge in [-0.25, -0.2) is 9.97 Å². The number of hydrogen-bond donors (Lipinski definition) is 0. The van der Waals surface area contributed by atoms with Crippen molar-refractivity contribution in [3.8, 4) is 0 Å². The number of hydrogen-bond acceptors (Lipinski definition) is 5. The summed E-state index contributed by atoms with van der Waals surface area (Å²) in [4.78, 5) is 22.4. The van der Waals surface area contributed by atoms with Gasteiger partial charge in [0.2, 0.25) is 5.91 Å². The van der Waals surface area contributed by atoms with E-state index in [4.69, 9.17) is 4.74 Å². The van der Waals surface area contributed by atoms with Gasteiger partial charge in [-0.05, 0) is 0 Å². The molecule has 3 heterocycles. The zero-order valence-electron chi connectivity index (χ0n) is 12.2. The maximum Gasteiger partial charge on any atom is 0.433 e. The third-order valence-electron chi connectivity index (χ3n) is 3.97. The van der Waals surface area contributed by atoms with Crippen molar-refractivity contribution in [2.45, 2.75) is 18.3 Å². The molecule has 2 atom stereocenters. The topological polar surface area (TPSA) is 58.6 Å². The van der Waals surface area contributed by atoms with Gasteiger partial charge in [0.05, 0.1) is 12.1 Å². The van der Waals surface area contributed by atoms with Crippen LogP contribution in [-0.2, 0) is 15.7 Å². The summed E-state index contributed by atoms with van der Waals surface area (Å²) in [5, 5.41) is 0. The van der Waals surface area contributed by atoms with E-state index in [1.807, 2.05) is 0 Å². The number of carbonyl (C=O) groups is 1. The maximum absolute atomic E-state index is 12.8. The number of fused-ring (bicyclic) bond motifs is 1. The van der Waals surface area contributed by atoms with Gasteiger partial charge in [-0.15, -0.1) is 6.58 Å². The quantitative estimate of drug-likeness (QED) is 0.778. The number of aromatic nitrogens is 2. The highest BCUT2D eigenvalue weighted by Crippen LogP contribution is 2.31. The molecular weight excluding hydrogens is 313 g/mol. The zero-order valence-corrected chi connectivity index (χ0v) is 12.2. The summed E-state index contributed by atoms with van der Waals surface area (Å²) in [6.07, 6.45) is -2.26. The molecule has 0 unspecified atom stereocenters. The molecule has 1 aromatic rings. The summed E-state index contributed by atoms with van der Waals surface area (Å²) in [7, 11) is 0. The molecule has 6 nitrogen and oxygen atoms in total. The first-order valence-corrected chi connectivity index (χ1v) is 7.06. The first-order valence-electron chi connectivity index (χ1n) is 7.06. The number of alkyl halides is 3. The second-order valence-electron chi connectivity index (χ2n) is 5.42. The average Bonchev–Trinajstić information content (AvgIpc) is 2.94. The Hall–Kier alpha value is -2.16. The second kappa shape index (κ2) is 5.80. The number of anilines is 1. The third kappa shape index (κ3) is 3.00. The Morgan fingerprint density at radius 2 is 2.17 bits per heavy atom. The third-order valence-corrected chi connectivity index (χ3v) is 3.97. The predicted octanol–water partition coefficient (Wildman–Crippen LogP) is 1.10. The minimum atomic E-state index is -4.52. The van der Waals surface area contributed by atoms with Gasteiger partial charge in [-0.2, -0.15) is 13.2 Å². The molecule has 0 N–H and O–H groups in total. The normalized spacial score (nSPS) is 24.7. The number of rotatable bonds is 3. The molecule has 0 bridgehead atoms. The molecule has 0 saturated carbocycles. The second-order valence-corrected chi connectivity index (χ2v) is 5.42. The number of nitrogens with zero attached hydrogens (tertiary/aromatic N) is 4. The largest absolute Gasteiger partial charge is 0.433 e. The van der Waals surface area contributed by atoms with E-state index in [9.17, 15) is 18.0 Å². The Labute approximate surface area is 130 Å². The molecule has 2 aliphatic heterocycles. The van der Waals surface area contributed by atoms with Crippen molar-refractivity contribution >= 4 is 11.7 Å². The fraction of sp³-hybridized carbons (Fsp3) is 0.500. The van der Waals surface area contributed by atoms with Crippen LogP contribution in [0.4, 0.5) is 19.0 Å². The number of carbonyl (C=O) groups excluding carboxylic acids is 1. The molecule has 2 aliphatic rings. The summed E-state index contributed by atoms with van der Waals surface area (Å²) in [5.41, 5.74) is -0.989. The molecule has 2 saturated heterocycles. The van der Waals surface area contributed by atoms with Crippen LogP contribution in [0.3, 0.4) is 0 Å². The van der Waals surface area contributed by atoms with E-state index >= 15 is 0 Å². The molecule has 124 valence electrons. The molecule has 0 radical (unpaired) electrons. The van der Waals surface area contributed by atoms with E-state index in [-0.39, 0.29) is 30.5 Å². The van der Waals surface area contributed by atoms with Crippen molar-refractivity contribution in [2.75, 3.05) is 31.1 Å². The lowest BCUT2D eigenvalue weighted by Gasteiger charge is -2.35. The van der Waals surface area contributed by atoms with Crippen molar-refractivity contribution in [3.63, 3.8) is 0 Å². The Morgan fingerprint density at radius 1 is 1.39 bits per heavy atom. The number of amides is 1. The SMILES string of the molecule is C=CCN1C(=O)CO[C@@H]2CN(c3cc(C(F)(F)F)ncn3)C[C@@H]21. The fourth-order valence-corrected chi connectivity index (χ4v) is 2.90. The van der Waals surface area contributed by atoms with Gasteiger partial charge in [0.1, 0.15) is 24.4 Å². The van der Waals surface area contributed by atoms with Crippen molar-refractivity contribution in [1.29, 1.82) is 0 Å². The maximum atomic E-state index is 12.8. The summed E-state index contributed by atoms with van der Waals surface area (Å²) >= 11 is 0. The van der Waals surface area contributed by atoms with Gasteiger partial charge in [0, 0.05) is 25.7 Å². The van der Waals surface area contributed by atoms with Crippen LogP contribution in [0.5, 0.6) is 0 Å². The Bertz CT molecular complexity index is 622. The highest BCUT2D eigenvalue weighted by molar-refractivity contribution is 5.79. The Morgan fingerprint density at radius 3 is 2.87 bits per heavy atom. The van der Waals surface area contributed by atoms with Gasteiger partial charge in [0.25, 0.3) is 0 Å². The monoisotopic (exact) mass is 328 g/mol. The van der Waals surface area contributed by atoms with E-state index in [2.05, 4.69) is 16.5 Å². The summed E-state index contributed by atoms with van der Waals surface area (Å²) < 4.78 is 43.8. The molecule has 1 aromatic heterocycles. The highest BCUT2D eigenvalue weighted by Gasteiger charge is 2.43. The summed E-state index contributed by atoms with van der Waals surface area (Å²) in [6.45, 7) is 4.72. The summed E-state index contributed by atoms with van der Waals surface area (Å²) in [6, 6.07) is 0.690. The molecular formula is C14H15F3N4O2. The lowest BCUT2D eigenvalue weighted by Crippen LogP contribution is -2.53. The lowest BCUT2D eigenvalue weighted by atomic mass is 10.1. The van der Waals surface area contributed by atoms with E-state index < -0.39 is 11.9 Å². The van der Waals surface area contributed by atoms with Crippen LogP contribution in [0.15, 0.2) is 25.0 Å². The van der Waals surface area contributed by atoms with Crippen LogP contribution in [0.1, 0.15) is 5.69 Å².